The maximum atomic E-state index is 12.5. The van der Waals surface area contributed by atoms with E-state index in [0.717, 1.165) is 4.47 Å². The van der Waals surface area contributed by atoms with Crippen LogP contribution in [0.3, 0.4) is 0 Å². The summed E-state index contributed by atoms with van der Waals surface area (Å²) in [5, 5.41) is 0. The van der Waals surface area contributed by atoms with E-state index in [1.165, 1.54) is 0 Å². The molecule has 0 atom stereocenters. The van der Waals surface area contributed by atoms with Gasteiger partial charge in [0, 0.05) is 4.47 Å². The first kappa shape index (κ1) is 13.7. The highest BCUT2D eigenvalue weighted by atomic mass is 79.9. The third-order valence-electron chi connectivity index (χ3n) is 2.05. The van der Waals surface area contributed by atoms with Crippen LogP contribution < -0.4 is 4.52 Å². The van der Waals surface area contributed by atoms with Gasteiger partial charge in [-0.15, -0.1) is 0 Å². The zero-order valence-electron chi connectivity index (χ0n) is 9.85. The summed E-state index contributed by atoms with van der Waals surface area (Å²) in [6.07, 6.45) is 0. The fourth-order valence-corrected chi connectivity index (χ4v) is 2.86. The second kappa shape index (κ2) is 5.32. The largest absolute Gasteiger partial charge is 0.422 e. The minimum absolute atomic E-state index is 0.592. The molecule has 0 N–H and O–H groups in total. The van der Waals surface area contributed by atoms with Crippen molar-refractivity contribution < 1.29 is 9.09 Å². The molecule has 0 spiro atoms. The van der Waals surface area contributed by atoms with Gasteiger partial charge in [-0.25, -0.2) is 13.9 Å². The Bertz CT molecular complexity index is 380. The van der Waals surface area contributed by atoms with Crippen LogP contribution in [-0.2, 0) is 4.57 Å². The van der Waals surface area contributed by atoms with Crippen molar-refractivity contribution in [3.63, 3.8) is 0 Å². The van der Waals surface area contributed by atoms with Gasteiger partial charge in [0.05, 0.1) is 0 Å². The van der Waals surface area contributed by atoms with Gasteiger partial charge >= 0.3 is 7.67 Å². The van der Waals surface area contributed by atoms with Crippen LogP contribution in [0.5, 0.6) is 5.75 Å². The van der Waals surface area contributed by atoms with Gasteiger partial charge in [0.15, 0.2) is 0 Å². The van der Waals surface area contributed by atoms with Crippen LogP contribution in [0.15, 0.2) is 28.7 Å². The van der Waals surface area contributed by atoms with Crippen LogP contribution in [0.1, 0.15) is 0 Å². The Hall–Kier alpha value is -0.350. The molecular formula is C10H16BrN2O2P. The molecule has 4 nitrogen and oxygen atoms in total. The maximum absolute atomic E-state index is 12.5. The lowest BCUT2D eigenvalue weighted by Gasteiger charge is -2.29. The van der Waals surface area contributed by atoms with Crippen LogP contribution in [0.25, 0.3) is 0 Å². The van der Waals surface area contributed by atoms with Gasteiger partial charge in [-0.05, 0) is 52.5 Å². The number of benzene rings is 1. The van der Waals surface area contributed by atoms with E-state index in [2.05, 4.69) is 15.9 Å². The molecule has 16 heavy (non-hydrogen) atoms. The standard InChI is InChI=1S/C10H16BrN2O2P/c1-12(2)16(14,13(3)4)15-10-7-5-9(11)6-8-10/h5-8H,1-4H3. The smallest absolute Gasteiger partial charge is 0.394 e. The topological polar surface area (TPSA) is 32.8 Å². The van der Waals surface area contributed by atoms with E-state index in [1.54, 1.807) is 49.7 Å². The molecule has 0 fully saturated rings. The van der Waals surface area contributed by atoms with Crippen molar-refractivity contribution in [1.82, 2.24) is 9.34 Å². The molecule has 0 aromatic heterocycles. The number of hydrogen-bond acceptors (Lipinski definition) is 2. The molecule has 0 bridgehead atoms. The van der Waals surface area contributed by atoms with Crippen LogP contribution in [0.2, 0.25) is 0 Å². The van der Waals surface area contributed by atoms with Gasteiger partial charge in [-0.2, -0.15) is 0 Å². The normalized spacial score (nSPS) is 12.2. The van der Waals surface area contributed by atoms with E-state index in [-0.39, 0.29) is 0 Å². The Kier molecular flexibility index (Phi) is 4.56. The van der Waals surface area contributed by atoms with Gasteiger partial charge < -0.3 is 4.52 Å². The molecule has 90 valence electrons. The van der Waals surface area contributed by atoms with E-state index in [0.29, 0.717) is 5.75 Å². The SMILES string of the molecule is CN(C)P(=O)(Oc1ccc(Br)cc1)N(C)C. The van der Waals surface area contributed by atoms with Gasteiger partial charge in [-0.3, -0.25) is 0 Å². The van der Waals surface area contributed by atoms with E-state index in [4.69, 9.17) is 4.52 Å². The first-order valence-corrected chi connectivity index (χ1v) is 7.09. The summed E-state index contributed by atoms with van der Waals surface area (Å²) < 4.78 is 22.2. The van der Waals surface area contributed by atoms with Crippen molar-refractivity contribution in [2.75, 3.05) is 28.2 Å². The molecule has 1 aromatic carbocycles. The molecule has 0 heterocycles. The average molecular weight is 307 g/mol. The summed E-state index contributed by atoms with van der Waals surface area (Å²) in [4.78, 5) is 0. The zero-order chi connectivity index (χ0) is 12.3. The van der Waals surface area contributed by atoms with Crippen LogP contribution in [0.4, 0.5) is 0 Å². The van der Waals surface area contributed by atoms with Crippen LogP contribution >= 0.6 is 23.6 Å². The van der Waals surface area contributed by atoms with E-state index in [1.807, 2.05) is 12.1 Å². The monoisotopic (exact) mass is 306 g/mol. The molecule has 1 rings (SSSR count). The summed E-state index contributed by atoms with van der Waals surface area (Å²) in [5.74, 6) is 0.592. The number of rotatable bonds is 4. The molecule has 0 saturated carbocycles. The third-order valence-corrected chi connectivity index (χ3v) is 5.05. The summed E-state index contributed by atoms with van der Waals surface area (Å²) in [6.45, 7) is 0. The molecule has 0 amide bonds. The molecular weight excluding hydrogens is 291 g/mol. The minimum atomic E-state index is -2.95. The van der Waals surface area contributed by atoms with E-state index in [9.17, 15) is 4.57 Å². The summed E-state index contributed by atoms with van der Waals surface area (Å²) in [5.41, 5.74) is 0. The Labute approximate surface area is 105 Å². The summed E-state index contributed by atoms with van der Waals surface area (Å²) >= 11 is 3.34. The second-order valence-electron chi connectivity index (χ2n) is 3.73. The highest BCUT2D eigenvalue weighted by Crippen LogP contribution is 2.50. The molecule has 0 radical (unpaired) electrons. The minimum Gasteiger partial charge on any atom is -0.422 e. The van der Waals surface area contributed by atoms with E-state index < -0.39 is 7.67 Å². The Morgan fingerprint density at radius 1 is 1.06 bits per heavy atom. The fourth-order valence-electron chi connectivity index (χ4n) is 1.15. The molecule has 0 aliphatic rings. The van der Waals surface area contributed by atoms with Crippen molar-refractivity contribution in [2.45, 2.75) is 0 Å². The summed E-state index contributed by atoms with van der Waals surface area (Å²) in [6, 6.07) is 7.27. The lowest BCUT2D eigenvalue weighted by Crippen LogP contribution is -2.24. The van der Waals surface area contributed by atoms with E-state index >= 15 is 0 Å². The predicted molar refractivity (Wildman–Crippen MR) is 69.8 cm³/mol. The molecule has 0 unspecified atom stereocenters. The highest BCUT2D eigenvalue weighted by molar-refractivity contribution is 9.10. The number of hydrogen-bond donors (Lipinski definition) is 0. The van der Waals surface area contributed by atoms with Crippen molar-refractivity contribution in [3.05, 3.63) is 28.7 Å². The van der Waals surface area contributed by atoms with Crippen molar-refractivity contribution in [3.8, 4) is 5.75 Å². The van der Waals surface area contributed by atoms with Crippen molar-refractivity contribution in [1.29, 1.82) is 0 Å². The Morgan fingerprint density at radius 3 is 1.88 bits per heavy atom. The number of halogens is 1. The first-order chi connectivity index (χ1) is 7.36. The van der Waals surface area contributed by atoms with Crippen molar-refractivity contribution >= 4 is 23.6 Å². The van der Waals surface area contributed by atoms with Crippen LogP contribution in [-0.4, -0.2) is 37.5 Å². The maximum Gasteiger partial charge on any atom is 0.394 e. The van der Waals surface area contributed by atoms with Gasteiger partial charge in [0.2, 0.25) is 0 Å². The Balaban J connectivity index is 2.93. The van der Waals surface area contributed by atoms with Crippen molar-refractivity contribution in [2.24, 2.45) is 0 Å². The highest BCUT2D eigenvalue weighted by Gasteiger charge is 2.30. The van der Waals surface area contributed by atoms with Gasteiger partial charge in [0.25, 0.3) is 0 Å². The predicted octanol–water partition coefficient (Wildman–Crippen LogP) is 3.06. The average Bonchev–Trinajstić information content (AvgIpc) is 2.20. The lowest BCUT2D eigenvalue weighted by molar-refractivity contribution is 0.354. The molecule has 0 saturated heterocycles. The molecule has 1 aromatic rings. The summed E-state index contributed by atoms with van der Waals surface area (Å²) in [7, 11) is 3.99. The number of nitrogens with zero attached hydrogens (tertiary/aromatic N) is 2. The lowest BCUT2D eigenvalue weighted by atomic mass is 10.3. The third kappa shape index (κ3) is 3.08. The molecule has 0 aliphatic carbocycles. The molecule has 6 heteroatoms. The fraction of sp³-hybridized carbons (Fsp3) is 0.400. The first-order valence-electron chi connectivity index (χ1n) is 4.77. The quantitative estimate of drug-likeness (QED) is 0.800. The van der Waals surface area contributed by atoms with Gasteiger partial charge in [0.1, 0.15) is 5.75 Å². The zero-order valence-corrected chi connectivity index (χ0v) is 12.3. The van der Waals surface area contributed by atoms with Crippen LogP contribution in [0, 0.1) is 0 Å². The molecule has 0 aliphatic heterocycles. The second-order valence-corrected chi connectivity index (χ2v) is 7.41. The van der Waals surface area contributed by atoms with Gasteiger partial charge in [-0.1, -0.05) is 15.9 Å². The Morgan fingerprint density at radius 2 is 1.50 bits per heavy atom.